The third-order valence-electron chi connectivity index (χ3n) is 3.63. The average Bonchev–Trinajstić information content (AvgIpc) is 2.88. The molecular formula is C18H15O3-. The summed E-state index contributed by atoms with van der Waals surface area (Å²) in [5, 5.41) is 10.7. The molecule has 106 valence electrons. The lowest BCUT2D eigenvalue weighted by atomic mass is 10.1. The topological polar surface area (TPSA) is 49.4 Å². The molecule has 2 aromatic rings. The Bertz CT molecular complexity index is 687. The number of carbonyl (C=O) groups is 1. The van der Waals surface area contributed by atoms with Crippen LogP contribution >= 0.6 is 0 Å². The zero-order valence-electron chi connectivity index (χ0n) is 11.5. The highest BCUT2D eigenvalue weighted by Crippen LogP contribution is 2.34. The first kappa shape index (κ1) is 13.4. The van der Waals surface area contributed by atoms with Gasteiger partial charge in [-0.2, -0.15) is 0 Å². The number of carboxylic acids is 1. The second kappa shape index (κ2) is 5.83. The van der Waals surface area contributed by atoms with Crippen molar-refractivity contribution in [3.8, 4) is 5.75 Å². The van der Waals surface area contributed by atoms with Gasteiger partial charge in [-0.25, -0.2) is 0 Å². The SMILES string of the molecule is O=C([O-])/C=C1\CCc2cc(OCc3ccccc3)ccc21. The number of aryl methyl sites for hydroxylation is 1. The van der Waals surface area contributed by atoms with Crippen molar-refractivity contribution in [3.63, 3.8) is 0 Å². The highest BCUT2D eigenvalue weighted by molar-refractivity contribution is 5.90. The van der Waals surface area contributed by atoms with Crippen LogP contribution in [0.25, 0.3) is 5.57 Å². The summed E-state index contributed by atoms with van der Waals surface area (Å²) in [6.45, 7) is 0.529. The van der Waals surface area contributed by atoms with Crippen LogP contribution < -0.4 is 9.84 Å². The first-order chi connectivity index (χ1) is 10.2. The maximum Gasteiger partial charge on any atom is 0.120 e. The number of allylic oxidation sites excluding steroid dienone is 1. The molecule has 0 amide bonds. The third kappa shape index (κ3) is 3.14. The normalized spacial score (nSPS) is 15.0. The van der Waals surface area contributed by atoms with Gasteiger partial charge in [0.25, 0.3) is 0 Å². The second-order valence-corrected chi connectivity index (χ2v) is 5.08. The Labute approximate surface area is 123 Å². The lowest BCUT2D eigenvalue weighted by molar-refractivity contribution is -0.297. The van der Waals surface area contributed by atoms with Crippen LogP contribution in [0.2, 0.25) is 0 Å². The standard InChI is InChI=1S/C18H16O3/c19-18(20)11-15-7-6-14-10-16(8-9-17(14)15)21-12-13-4-2-1-3-5-13/h1-5,8-11H,6-7,12H2,(H,19,20)/p-1/b15-11+. The number of benzene rings is 2. The predicted octanol–water partition coefficient (Wildman–Crippen LogP) is 2.35. The largest absolute Gasteiger partial charge is 0.545 e. The lowest BCUT2D eigenvalue weighted by Crippen LogP contribution is -2.19. The summed E-state index contributed by atoms with van der Waals surface area (Å²) in [7, 11) is 0. The Balaban J connectivity index is 1.74. The molecule has 21 heavy (non-hydrogen) atoms. The molecule has 3 nitrogen and oxygen atoms in total. The molecule has 2 aromatic carbocycles. The maximum absolute atomic E-state index is 10.7. The van der Waals surface area contributed by atoms with Crippen molar-refractivity contribution in [1.82, 2.24) is 0 Å². The minimum Gasteiger partial charge on any atom is -0.545 e. The number of hydrogen-bond donors (Lipinski definition) is 0. The Kier molecular flexibility index (Phi) is 3.73. The summed E-state index contributed by atoms with van der Waals surface area (Å²) in [4.78, 5) is 10.7. The smallest absolute Gasteiger partial charge is 0.120 e. The van der Waals surface area contributed by atoms with Gasteiger partial charge in [-0.05, 0) is 53.3 Å². The highest BCUT2D eigenvalue weighted by atomic mass is 16.5. The van der Waals surface area contributed by atoms with Crippen molar-refractivity contribution in [2.45, 2.75) is 19.4 Å². The molecular weight excluding hydrogens is 264 g/mol. The summed E-state index contributed by atoms with van der Waals surface area (Å²) < 4.78 is 5.79. The van der Waals surface area contributed by atoms with E-state index in [-0.39, 0.29) is 0 Å². The molecule has 0 fully saturated rings. The molecule has 0 aliphatic heterocycles. The van der Waals surface area contributed by atoms with Gasteiger partial charge in [-0.15, -0.1) is 0 Å². The van der Waals surface area contributed by atoms with Crippen molar-refractivity contribution in [2.75, 3.05) is 0 Å². The van der Waals surface area contributed by atoms with E-state index in [1.807, 2.05) is 48.5 Å². The van der Waals surface area contributed by atoms with Gasteiger partial charge in [0.2, 0.25) is 0 Å². The van der Waals surface area contributed by atoms with Crippen LogP contribution in [-0.4, -0.2) is 5.97 Å². The summed E-state index contributed by atoms with van der Waals surface area (Å²) in [6.07, 6.45) is 2.78. The molecule has 0 saturated carbocycles. The van der Waals surface area contributed by atoms with Gasteiger partial charge in [0.1, 0.15) is 12.4 Å². The van der Waals surface area contributed by atoms with Crippen LogP contribution in [0.5, 0.6) is 5.75 Å². The number of carbonyl (C=O) groups excluding carboxylic acids is 1. The number of aliphatic carboxylic acids is 1. The molecule has 3 heteroatoms. The molecule has 0 radical (unpaired) electrons. The Morgan fingerprint density at radius 2 is 1.95 bits per heavy atom. The molecule has 3 rings (SSSR count). The zero-order chi connectivity index (χ0) is 14.7. The Hall–Kier alpha value is -2.55. The van der Waals surface area contributed by atoms with E-state index < -0.39 is 5.97 Å². The molecule has 0 bridgehead atoms. The number of fused-ring (bicyclic) bond motifs is 1. The molecule has 0 atom stereocenters. The van der Waals surface area contributed by atoms with Crippen molar-refractivity contribution < 1.29 is 14.6 Å². The molecule has 0 saturated heterocycles. The van der Waals surface area contributed by atoms with Gasteiger partial charge in [0, 0.05) is 0 Å². The van der Waals surface area contributed by atoms with Gasteiger partial charge in [0.15, 0.2) is 0 Å². The lowest BCUT2D eigenvalue weighted by Gasteiger charge is -2.08. The summed E-state index contributed by atoms with van der Waals surface area (Å²) >= 11 is 0. The van der Waals surface area contributed by atoms with Gasteiger partial charge >= 0.3 is 0 Å². The van der Waals surface area contributed by atoms with E-state index in [2.05, 4.69) is 0 Å². The zero-order valence-corrected chi connectivity index (χ0v) is 11.5. The number of carboxylic acid groups (broad SMARTS) is 1. The van der Waals surface area contributed by atoms with E-state index in [1.54, 1.807) is 0 Å². The summed E-state index contributed by atoms with van der Waals surface area (Å²) in [6, 6.07) is 15.8. The number of rotatable bonds is 4. The Morgan fingerprint density at radius 1 is 1.14 bits per heavy atom. The van der Waals surface area contributed by atoms with Crippen LogP contribution in [0.3, 0.4) is 0 Å². The van der Waals surface area contributed by atoms with Crippen molar-refractivity contribution in [2.24, 2.45) is 0 Å². The van der Waals surface area contributed by atoms with E-state index in [0.29, 0.717) is 6.61 Å². The molecule has 1 aliphatic rings. The molecule has 0 unspecified atom stereocenters. The fourth-order valence-corrected chi connectivity index (χ4v) is 2.62. The number of ether oxygens (including phenoxy) is 1. The van der Waals surface area contributed by atoms with Gasteiger partial charge in [-0.3, -0.25) is 0 Å². The van der Waals surface area contributed by atoms with Crippen molar-refractivity contribution in [1.29, 1.82) is 0 Å². The van der Waals surface area contributed by atoms with Crippen LogP contribution in [0.4, 0.5) is 0 Å². The van der Waals surface area contributed by atoms with E-state index in [1.165, 1.54) is 6.08 Å². The van der Waals surface area contributed by atoms with E-state index in [9.17, 15) is 9.90 Å². The average molecular weight is 279 g/mol. The Morgan fingerprint density at radius 3 is 2.71 bits per heavy atom. The first-order valence-electron chi connectivity index (χ1n) is 6.94. The first-order valence-corrected chi connectivity index (χ1v) is 6.94. The summed E-state index contributed by atoms with van der Waals surface area (Å²) in [5.41, 5.74) is 4.08. The number of hydrogen-bond acceptors (Lipinski definition) is 3. The van der Waals surface area contributed by atoms with Crippen molar-refractivity contribution in [3.05, 3.63) is 71.3 Å². The van der Waals surface area contributed by atoms with Crippen LogP contribution in [0.15, 0.2) is 54.6 Å². The third-order valence-corrected chi connectivity index (χ3v) is 3.63. The monoisotopic (exact) mass is 279 g/mol. The van der Waals surface area contributed by atoms with Crippen LogP contribution in [0, 0.1) is 0 Å². The van der Waals surface area contributed by atoms with Crippen molar-refractivity contribution >= 4 is 11.5 Å². The molecule has 1 aliphatic carbocycles. The predicted molar refractivity (Wildman–Crippen MR) is 78.5 cm³/mol. The molecule has 0 aromatic heterocycles. The van der Waals surface area contributed by atoms with Gasteiger partial charge < -0.3 is 14.6 Å². The molecule has 0 spiro atoms. The fraction of sp³-hybridized carbons (Fsp3) is 0.167. The van der Waals surface area contributed by atoms with E-state index >= 15 is 0 Å². The van der Waals surface area contributed by atoms with Crippen LogP contribution in [-0.2, 0) is 17.8 Å². The van der Waals surface area contributed by atoms with Crippen LogP contribution in [0.1, 0.15) is 23.1 Å². The van der Waals surface area contributed by atoms with E-state index in [0.717, 1.165) is 40.9 Å². The van der Waals surface area contributed by atoms with E-state index in [4.69, 9.17) is 4.74 Å². The van der Waals surface area contributed by atoms with Gasteiger partial charge in [-0.1, -0.05) is 36.4 Å². The maximum atomic E-state index is 10.7. The second-order valence-electron chi connectivity index (χ2n) is 5.08. The minimum atomic E-state index is -1.14. The summed E-state index contributed by atoms with van der Waals surface area (Å²) in [5.74, 6) is -0.324. The molecule has 0 N–H and O–H groups in total. The molecule has 0 heterocycles. The fourth-order valence-electron chi connectivity index (χ4n) is 2.62. The minimum absolute atomic E-state index is 0.529. The van der Waals surface area contributed by atoms with Gasteiger partial charge in [0.05, 0.1) is 5.97 Å². The highest BCUT2D eigenvalue weighted by Gasteiger charge is 2.16. The quantitative estimate of drug-likeness (QED) is 0.807.